The molecule has 0 bridgehead atoms. The number of aromatic nitrogens is 1. The monoisotopic (exact) mass is 355 g/mol. The van der Waals surface area contributed by atoms with Gasteiger partial charge in [-0.05, 0) is 37.1 Å². The van der Waals surface area contributed by atoms with Gasteiger partial charge in [-0.15, -0.1) is 0 Å². The van der Waals surface area contributed by atoms with Gasteiger partial charge in [0.05, 0.1) is 31.8 Å². The zero-order valence-corrected chi connectivity index (χ0v) is 15.2. The lowest BCUT2D eigenvalue weighted by molar-refractivity contribution is -0.120. The molecule has 3 rings (SSSR count). The predicted molar refractivity (Wildman–Crippen MR) is 102 cm³/mol. The largest absolute Gasteiger partial charge is 0.497 e. The Hall–Kier alpha value is -2.76. The lowest BCUT2D eigenvalue weighted by Crippen LogP contribution is -2.25. The predicted octanol–water partition coefficient (Wildman–Crippen LogP) is 4.36. The summed E-state index contributed by atoms with van der Waals surface area (Å²) in [6, 6.07) is 9.24. The van der Waals surface area contributed by atoms with Crippen LogP contribution in [0.4, 0.5) is 17.2 Å². The molecule has 1 aliphatic rings. The third-order valence-electron chi connectivity index (χ3n) is 4.68. The summed E-state index contributed by atoms with van der Waals surface area (Å²) < 4.78 is 10.6. The van der Waals surface area contributed by atoms with Crippen LogP contribution in [-0.4, -0.2) is 25.1 Å². The van der Waals surface area contributed by atoms with Crippen molar-refractivity contribution >= 4 is 23.1 Å². The van der Waals surface area contributed by atoms with E-state index in [-0.39, 0.29) is 11.8 Å². The number of carbonyl (C=O) groups is 1. The molecule has 1 aromatic heterocycles. The molecule has 1 aromatic carbocycles. The van der Waals surface area contributed by atoms with Gasteiger partial charge >= 0.3 is 0 Å². The minimum absolute atomic E-state index is 0.0785. The van der Waals surface area contributed by atoms with Crippen molar-refractivity contribution in [1.82, 2.24) is 4.98 Å². The summed E-state index contributed by atoms with van der Waals surface area (Å²) in [5.41, 5.74) is 1.62. The van der Waals surface area contributed by atoms with E-state index in [4.69, 9.17) is 9.47 Å². The molecule has 1 amide bonds. The molecule has 1 aliphatic carbocycles. The fourth-order valence-corrected chi connectivity index (χ4v) is 3.19. The quantitative estimate of drug-likeness (QED) is 0.805. The second kappa shape index (κ2) is 8.56. The van der Waals surface area contributed by atoms with E-state index in [1.165, 1.54) is 6.42 Å². The van der Waals surface area contributed by atoms with Crippen molar-refractivity contribution in [1.29, 1.82) is 0 Å². The van der Waals surface area contributed by atoms with Gasteiger partial charge in [0, 0.05) is 12.0 Å². The van der Waals surface area contributed by atoms with Crippen molar-refractivity contribution < 1.29 is 14.3 Å². The highest BCUT2D eigenvalue weighted by molar-refractivity contribution is 5.91. The van der Waals surface area contributed by atoms with Gasteiger partial charge in [-0.1, -0.05) is 19.3 Å². The van der Waals surface area contributed by atoms with Crippen LogP contribution in [0.25, 0.3) is 0 Å². The molecular weight excluding hydrogens is 330 g/mol. The summed E-state index contributed by atoms with van der Waals surface area (Å²) >= 11 is 0. The van der Waals surface area contributed by atoms with Crippen LogP contribution < -0.4 is 20.1 Å². The summed E-state index contributed by atoms with van der Waals surface area (Å²) in [4.78, 5) is 16.6. The van der Waals surface area contributed by atoms with Gasteiger partial charge in [0.2, 0.25) is 5.91 Å². The van der Waals surface area contributed by atoms with Crippen molar-refractivity contribution in [2.75, 3.05) is 24.9 Å². The first kappa shape index (κ1) is 18.0. The van der Waals surface area contributed by atoms with Gasteiger partial charge in [-0.2, -0.15) is 0 Å². The second-order valence-electron chi connectivity index (χ2n) is 6.45. The lowest BCUT2D eigenvalue weighted by Gasteiger charge is -2.20. The maximum Gasteiger partial charge on any atom is 0.228 e. The van der Waals surface area contributed by atoms with E-state index in [9.17, 15) is 4.79 Å². The summed E-state index contributed by atoms with van der Waals surface area (Å²) in [5, 5.41) is 6.18. The molecule has 1 fully saturated rings. The molecule has 6 nitrogen and oxygen atoms in total. The first-order chi connectivity index (χ1) is 12.7. The van der Waals surface area contributed by atoms with Crippen LogP contribution in [-0.2, 0) is 4.79 Å². The van der Waals surface area contributed by atoms with Gasteiger partial charge in [0.15, 0.2) is 0 Å². The van der Waals surface area contributed by atoms with Crippen molar-refractivity contribution in [2.45, 2.75) is 32.1 Å². The lowest BCUT2D eigenvalue weighted by atomic mass is 9.89. The molecule has 26 heavy (non-hydrogen) atoms. The standard InChI is InChI=1S/C20H25N3O3/c1-25-16-9-10-17(18(12-16)26-2)22-15-8-11-19(21-13-15)23-20(24)14-6-4-3-5-7-14/h8-14,22H,3-7H2,1-2H3,(H,21,23,24). The zero-order valence-electron chi connectivity index (χ0n) is 15.2. The third-order valence-corrected chi connectivity index (χ3v) is 4.68. The molecule has 0 radical (unpaired) electrons. The molecule has 1 saturated carbocycles. The Balaban J connectivity index is 1.63. The van der Waals surface area contributed by atoms with E-state index in [1.54, 1.807) is 26.5 Å². The Morgan fingerprint density at radius 3 is 2.54 bits per heavy atom. The molecule has 6 heteroatoms. The number of nitrogens with one attached hydrogen (secondary N) is 2. The smallest absolute Gasteiger partial charge is 0.228 e. The van der Waals surface area contributed by atoms with Crippen LogP contribution in [0.3, 0.4) is 0 Å². The summed E-state index contributed by atoms with van der Waals surface area (Å²) in [6.45, 7) is 0. The van der Waals surface area contributed by atoms with E-state index in [1.807, 2.05) is 24.3 Å². The zero-order chi connectivity index (χ0) is 18.4. The Morgan fingerprint density at radius 1 is 1.08 bits per heavy atom. The Kier molecular flexibility index (Phi) is 5.94. The fourth-order valence-electron chi connectivity index (χ4n) is 3.19. The number of hydrogen-bond donors (Lipinski definition) is 2. The second-order valence-corrected chi connectivity index (χ2v) is 6.45. The topological polar surface area (TPSA) is 72.5 Å². The third kappa shape index (κ3) is 4.45. The van der Waals surface area contributed by atoms with Gasteiger partial charge in [-0.25, -0.2) is 4.98 Å². The summed E-state index contributed by atoms with van der Waals surface area (Å²) in [5.74, 6) is 2.18. The average molecular weight is 355 g/mol. The Labute approximate surface area is 153 Å². The van der Waals surface area contributed by atoms with Crippen LogP contribution in [0.2, 0.25) is 0 Å². The number of hydrogen-bond acceptors (Lipinski definition) is 5. The van der Waals surface area contributed by atoms with Crippen LogP contribution in [0.15, 0.2) is 36.5 Å². The number of nitrogens with zero attached hydrogens (tertiary/aromatic N) is 1. The van der Waals surface area contributed by atoms with Crippen molar-refractivity contribution in [2.24, 2.45) is 5.92 Å². The number of pyridine rings is 1. The normalized spacial score (nSPS) is 14.5. The van der Waals surface area contributed by atoms with Gasteiger partial charge < -0.3 is 20.1 Å². The first-order valence-corrected chi connectivity index (χ1v) is 8.95. The maximum atomic E-state index is 12.3. The SMILES string of the molecule is COc1ccc(Nc2ccc(NC(=O)C3CCCCC3)nc2)c(OC)c1. The molecule has 0 unspecified atom stereocenters. The van der Waals surface area contributed by atoms with Crippen LogP contribution >= 0.6 is 0 Å². The molecule has 138 valence electrons. The van der Waals surface area contributed by atoms with E-state index in [2.05, 4.69) is 15.6 Å². The van der Waals surface area contributed by atoms with E-state index < -0.39 is 0 Å². The molecule has 0 saturated heterocycles. The average Bonchev–Trinajstić information content (AvgIpc) is 2.70. The highest BCUT2D eigenvalue weighted by Crippen LogP contribution is 2.31. The van der Waals surface area contributed by atoms with Gasteiger partial charge in [0.25, 0.3) is 0 Å². The van der Waals surface area contributed by atoms with E-state index in [0.717, 1.165) is 42.8 Å². The molecule has 2 aromatic rings. The maximum absolute atomic E-state index is 12.3. The van der Waals surface area contributed by atoms with Crippen molar-refractivity contribution in [3.05, 3.63) is 36.5 Å². The Bertz CT molecular complexity index is 740. The summed E-state index contributed by atoms with van der Waals surface area (Å²) in [7, 11) is 3.23. The number of carbonyl (C=O) groups excluding carboxylic acids is 1. The number of ether oxygens (including phenoxy) is 2. The molecular formula is C20H25N3O3. The molecule has 0 spiro atoms. The number of amides is 1. The van der Waals surface area contributed by atoms with Crippen molar-refractivity contribution in [3.63, 3.8) is 0 Å². The van der Waals surface area contributed by atoms with Gasteiger partial charge in [0.1, 0.15) is 17.3 Å². The Morgan fingerprint density at radius 2 is 1.88 bits per heavy atom. The van der Waals surface area contributed by atoms with E-state index in [0.29, 0.717) is 11.6 Å². The summed E-state index contributed by atoms with van der Waals surface area (Å²) in [6.07, 6.45) is 7.15. The molecule has 0 aliphatic heterocycles. The minimum atomic E-state index is 0.0785. The van der Waals surface area contributed by atoms with Crippen LogP contribution in [0.1, 0.15) is 32.1 Å². The van der Waals surface area contributed by atoms with Crippen LogP contribution in [0.5, 0.6) is 11.5 Å². The molecule has 2 N–H and O–H groups in total. The van der Waals surface area contributed by atoms with Crippen molar-refractivity contribution in [3.8, 4) is 11.5 Å². The molecule has 0 atom stereocenters. The highest BCUT2D eigenvalue weighted by atomic mass is 16.5. The number of anilines is 3. The molecule has 1 heterocycles. The number of rotatable bonds is 6. The highest BCUT2D eigenvalue weighted by Gasteiger charge is 2.21. The number of methoxy groups -OCH3 is 2. The van der Waals surface area contributed by atoms with Gasteiger partial charge in [-0.3, -0.25) is 4.79 Å². The first-order valence-electron chi connectivity index (χ1n) is 8.95. The van der Waals surface area contributed by atoms with Crippen LogP contribution in [0, 0.1) is 5.92 Å². The van der Waals surface area contributed by atoms with E-state index >= 15 is 0 Å². The minimum Gasteiger partial charge on any atom is -0.497 e. The number of benzene rings is 1. The fraction of sp³-hybridized carbons (Fsp3) is 0.400.